The summed E-state index contributed by atoms with van der Waals surface area (Å²) in [7, 11) is 1.80. The van der Waals surface area contributed by atoms with Crippen LogP contribution in [0.4, 0.5) is 0 Å². The summed E-state index contributed by atoms with van der Waals surface area (Å²) in [5.74, 6) is 0.846. The Morgan fingerprint density at radius 1 is 1.53 bits per heavy atom. The van der Waals surface area contributed by atoms with Crippen molar-refractivity contribution in [1.82, 2.24) is 10.6 Å². The van der Waals surface area contributed by atoms with Gasteiger partial charge >= 0.3 is 0 Å². The number of hydrogen-bond donors (Lipinski definition) is 2. The van der Waals surface area contributed by atoms with Crippen molar-refractivity contribution in [2.24, 2.45) is 4.99 Å². The lowest BCUT2D eigenvalue weighted by Crippen LogP contribution is -2.40. The van der Waals surface area contributed by atoms with Gasteiger partial charge in [-0.15, -0.1) is 35.3 Å². The highest BCUT2D eigenvalue weighted by Gasteiger charge is 2.15. The molecule has 1 atom stereocenters. The van der Waals surface area contributed by atoms with Gasteiger partial charge in [0.1, 0.15) is 0 Å². The molecule has 0 aromatic carbocycles. The lowest BCUT2D eigenvalue weighted by Gasteiger charge is -2.14. The smallest absolute Gasteiger partial charge is 0.191 e. The Bertz CT molecular complexity index is 402. The van der Waals surface area contributed by atoms with Gasteiger partial charge in [0.05, 0.1) is 12.6 Å². The van der Waals surface area contributed by atoms with E-state index in [1.165, 1.54) is 16.9 Å². The zero-order valence-corrected chi connectivity index (χ0v) is 14.6. The van der Waals surface area contributed by atoms with Crippen molar-refractivity contribution in [3.63, 3.8) is 0 Å². The van der Waals surface area contributed by atoms with Crippen molar-refractivity contribution >= 4 is 41.3 Å². The van der Waals surface area contributed by atoms with Crippen LogP contribution in [0.3, 0.4) is 0 Å². The highest BCUT2D eigenvalue weighted by atomic mass is 127. The first-order valence-corrected chi connectivity index (χ1v) is 7.26. The fraction of sp³-hybridized carbons (Fsp3) is 0.615. The highest BCUT2D eigenvalue weighted by Crippen LogP contribution is 2.14. The van der Waals surface area contributed by atoms with E-state index < -0.39 is 0 Å². The Morgan fingerprint density at radius 2 is 2.37 bits per heavy atom. The standard InChI is InChI=1S/C13H21N3OS.HI/c1-10-5-7-18-12(10)9-16-13(14-2)15-8-11-4-3-6-17-11;/h5,7,11H,3-4,6,8-9H2,1-2H3,(H2,14,15,16);1H. The predicted octanol–water partition coefficient (Wildman–Crippen LogP) is 2.52. The number of aliphatic imine (C=N–C) groups is 1. The molecule has 2 heterocycles. The average molecular weight is 395 g/mol. The second-order valence-electron chi connectivity index (χ2n) is 4.47. The fourth-order valence-electron chi connectivity index (χ4n) is 1.99. The maximum atomic E-state index is 5.57. The Hall–Kier alpha value is -0.340. The van der Waals surface area contributed by atoms with Gasteiger partial charge in [0, 0.05) is 25.1 Å². The summed E-state index contributed by atoms with van der Waals surface area (Å²) in [6, 6.07) is 2.14. The number of nitrogens with zero attached hydrogens (tertiary/aromatic N) is 1. The van der Waals surface area contributed by atoms with Gasteiger partial charge in [-0.25, -0.2) is 0 Å². The SMILES string of the molecule is CN=C(NCc1sccc1C)NCC1CCCO1.I. The number of hydrogen-bond acceptors (Lipinski definition) is 3. The molecule has 0 amide bonds. The average Bonchev–Trinajstić information content (AvgIpc) is 3.01. The monoisotopic (exact) mass is 395 g/mol. The zero-order valence-electron chi connectivity index (χ0n) is 11.4. The minimum atomic E-state index is 0. The van der Waals surface area contributed by atoms with Gasteiger partial charge in [-0.2, -0.15) is 0 Å². The summed E-state index contributed by atoms with van der Waals surface area (Å²) < 4.78 is 5.57. The van der Waals surface area contributed by atoms with Crippen LogP contribution < -0.4 is 10.6 Å². The van der Waals surface area contributed by atoms with Crippen molar-refractivity contribution in [2.75, 3.05) is 20.2 Å². The van der Waals surface area contributed by atoms with Gasteiger partial charge in [-0.3, -0.25) is 4.99 Å². The molecule has 2 N–H and O–H groups in total. The van der Waals surface area contributed by atoms with Crippen LogP contribution in [0.2, 0.25) is 0 Å². The Kier molecular flexibility index (Phi) is 7.70. The van der Waals surface area contributed by atoms with Gasteiger partial charge in [-0.05, 0) is 36.8 Å². The normalized spacial score (nSPS) is 19.1. The molecule has 0 saturated carbocycles. The lowest BCUT2D eigenvalue weighted by molar-refractivity contribution is 0.114. The van der Waals surface area contributed by atoms with Crippen LogP contribution >= 0.6 is 35.3 Å². The molecule has 0 bridgehead atoms. The quantitative estimate of drug-likeness (QED) is 0.468. The number of thiophene rings is 1. The molecular weight excluding hydrogens is 373 g/mol. The van der Waals surface area contributed by atoms with Gasteiger partial charge < -0.3 is 15.4 Å². The van der Waals surface area contributed by atoms with Crippen molar-refractivity contribution in [3.05, 3.63) is 21.9 Å². The molecule has 2 rings (SSSR count). The van der Waals surface area contributed by atoms with E-state index in [9.17, 15) is 0 Å². The molecule has 1 aliphatic rings. The molecule has 1 saturated heterocycles. The van der Waals surface area contributed by atoms with Crippen LogP contribution in [0.15, 0.2) is 16.4 Å². The molecule has 1 unspecified atom stereocenters. The van der Waals surface area contributed by atoms with Crippen LogP contribution in [-0.2, 0) is 11.3 Å². The lowest BCUT2D eigenvalue weighted by atomic mass is 10.2. The maximum absolute atomic E-state index is 5.57. The maximum Gasteiger partial charge on any atom is 0.191 e. The van der Waals surface area contributed by atoms with Crippen LogP contribution in [0.5, 0.6) is 0 Å². The van der Waals surface area contributed by atoms with Crippen molar-refractivity contribution in [1.29, 1.82) is 0 Å². The van der Waals surface area contributed by atoms with Crippen LogP contribution in [0, 0.1) is 6.92 Å². The van der Waals surface area contributed by atoms with Crippen LogP contribution in [0.1, 0.15) is 23.3 Å². The molecule has 19 heavy (non-hydrogen) atoms. The predicted molar refractivity (Wildman–Crippen MR) is 91.6 cm³/mol. The van der Waals surface area contributed by atoms with Gasteiger partial charge in [0.2, 0.25) is 0 Å². The largest absolute Gasteiger partial charge is 0.376 e. The minimum Gasteiger partial charge on any atom is -0.376 e. The number of guanidine groups is 1. The molecule has 1 aromatic rings. The van der Waals surface area contributed by atoms with E-state index in [1.54, 1.807) is 18.4 Å². The molecule has 6 heteroatoms. The van der Waals surface area contributed by atoms with E-state index >= 15 is 0 Å². The molecule has 1 fully saturated rings. The van der Waals surface area contributed by atoms with E-state index in [-0.39, 0.29) is 24.0 Å². The molecule has 0 radical (unpaired) electrons. The third-order valence-corrected chi connectivity index (χ3v) is 4.15. The molecule has 108 valence electrons. The second kappa shape index (κ2) is 8.76. The first kappa shape index (κ1) is 16.7. The Balaban J connectivity index is 0.00000180. The number of nitrogens with one attached hydrogen (secondary N) is 2. The van der Waals surface area contributed by atoms with Gasteiger partial charge in [-0.1, -0.05) is 0 Å². The third-order valence-electron chi connectivity index (χ3n) is 3.13. The number of aryl methyl sites for hydroxylation is 1. The summed E-state index contributed by atoms with van der Waals surface area (Å²) in [5, 5.41) is 8.76. The second-order valence-corrected chi connectivity index (χ2v) is 5.47. The van der Waals surface area contributed by atoms with Gasteiger partial charge in [0.15, 0.2) is 5.96 Å². The Morgan fingerprint density at radius 3 is 2.95 bits per heavy atom. The fourth-order valence-corrected chi connectivity index (χ4v) is 2.83. The molecule has 1 aliphatic heterocycles. The minimum absolute atomic E-state index is 0. The molecular formula is C13H22IN3OS. The highest BCUT2D eigenvalue weighted by molar-refractivity contribution is 14.0. The first-order valence-electron chi connectivity index (χ1n) is 6.38. The summed E-state index contributed by atoms with van der Waals surface area (Å²) in [6.45, 7) is 4.70. The summed E-state index contributed by atoms with van der Waals surface area (Å²) in [6.07, 6.45) is 2.66. The summed E-state index contributed by atoms with van der Waals surface area (Å²) >= 11 is 1.78. The molecule has 0 spiro atoms. The van der Waals surface area contributed by atoms with Gasteiger partial charge in [0.25, 0.3) is 0 Å². The Labute approximate surface area is 136 Å². The van der Waals surface area contributed by atoms with E-state index in [0.717, 1.165) is 32.1 Å². The van der Waals surface area contributed by atoms with E-state index in [1.807, 2.05) is 0 Å². The zero-order chi connectivity index (χ0) is 12.8. The van der Waals surface area contributed by atoms with Crippen molar-refractivity contribution < 1.29 is 4.74 Å². The van der Waals surface area contributed by atoms with Crippen LogP contribution in [0.25, 0.3) is 0 Å². The topological polar surface area (TPSA) is 45.7 Å². The molecule has 0 aliphatic carbocycles. The summed E-state index contributed by atoms with van der Waals surface area (Å²) in [4.78, 5) is 5.58. The van der Waals surface area contributed by atoms with E-state index in [0.29, 0.717) is 6.10 Å². The number of rotatable bonds is 4. The van der Waals surface area contributed by atoms with Crippen molar-refractivity contribution in [2.45, 2.75) is 32.4 Å². The summed E-state index contributed by atoms with van der Waals surface area (Å²) in [5.41, 5.74) is 1.34. The van der Waals surface area contributed by atoms with Crippen LogP contribution in [-0.4, -0.2) is 32.3 Å². The number of halogens is 1. The number of ether oxygens (including phenoxy) is 1. The third kappa shape index (κ3) is 5.27. The van der Waals surface area contributed by atoms with E-state index in [2.05, 4.69) is 34.0 Å². The molecule has 4 nitrogen and oxygen atoms in total. The van der Waals surface area contributed by atoms with Crippen molar-refractivity contribution in [3.8, 4) is 0 Å². The molecule has 1 aromatic heterocycles. The van der Waals surface area contributed by atoms with E-state index in [4.69, 9.17) is 4.74 Å². The first-order chi connectivity index (χ1) is 8.79.